The zero-order valence-corrected chi connectivity index (χ0v) is 6.34. The molecule has 2 nitrogen and oxygen atoms in total. The highest BCUT2D eigenvalue weighted by molar-refractivity contribution is 5.84. The van der Waals surface area contributed by atoms with Crippen LogP contribution in [0.1, 0.15) is 5.56 Å². The van der Waals surface area contributed by atoms with Gasteiger partial charge in [0, 0.05) is 18.1 Å². The molecule has 1 heterocycles. The number of hydrogen-bond acceptors (Lipinski definition) is 2. The van der Waals surface area contributed by atoms with Crippen molar-refractivity contribution >= 4 is 5.78 Å². The van der Waals surface area contributed by atoms with Crippen LogP contribution in [0.15, 0.2) is 18.2 Å². The average molecular weight is 166 g/mol. The molecule has 2 rings (SSSR count). The fourth-order valence-electron chi connectivity index (χ4n) is 1.23. The van der Waals surface area contributed by atoms with Gasteiger partial charge in [-0.15, -0.1) is 0 Å². The van der Waals surface area contributed by atoms with Crippen molar-refractivity contribution in [1.29, 1.82) is 0 Å². The molecule has 0 amide bonds. The monoisotopic (exact) mass is 166 g/mol. The van der Waals surface area contributed by atoms with E-state index in [0.29, 0.717) is 12.2 Å². The van der Waals surface area contributed by atoms with Crippen LogP contribution in [0.5, 0.6) is 5.75 Å². The van der Waals surface area contributed by atoms with Crippen molar-refractivity contribution in [3.8, 4) is 5.75 Å². The van der Waals surface area contributed by atoms with Gasteiger partial charge in [0.15, 0.2) is 5.78 Å². The molecule has 0 aliphatic carbocycles. The molecule has 3 heteroatoms. The number of carbonyl (C=O) groups is 1. The molecule has 0 atom stereocenters. The molecular weight excluding hydrogens is 159 g/mol. The third kappa shape index (κ3) is 1.18. The fraction of sp³-hybridized carbons (Fsp3) is 0.222. The van der Waals surface area contributed by atoms with Crippen molar-refractivity contribution in [2.45, 2.75) is 6.42 Å². The van der Waals surface area contributed by atoms with E-state index in [9.17, 15) is 9.18 Å². The van der Waals surface area contributed by atoms with Crippen molar-refractivity contribution in [2.75, 3.05) is 6.61 Å². The summed E-state index contributed by atoms with van der Waals surface area (Å²) in [6.45, 7) is 0.0659. The molecular formula is C9H7FO2. The minimum atomic E-state index is -0.330. The zero-order valence-electron chi connectivity index (χ0n) is 6.34. The Labute approximate surface area is 69.0 Å². The van der Waals surface area contributed by atoms with Gasteiger partial charge in [0.2, 0.25) is 0 Å². The third-order valence-electron chi connectivity index (χ3n) is 1.81. The number of halogens is 1. The minimum absolute atomic E-state index is 0.0362. The normalized spacial score (nSPS) is 15.2. The van der Waals surface area contributed by atoms with Gasteiger partial charge in [0.05, 0.1) is 0 Å². The van der Waals surface area contributed by atoms with Crippen LogP contribution in [-0.2, 0) is 11.2 Å². The fourth-order valence-corrected chi connectivity index (χ4v) is 1.23. The number of carbonyl (C=O) groups excluding carboxylic acids is 1. The summed E-state index contributed by atoms with van der Waals surface area (Å²) in [6, 6.07) is 4.23. The van der Waals surface area contributed by atoms with E-state index in [0.717, 1.165) is 5.56 Å². The molecule has 12 heavy (non-hydrogen) atoms. The second-order valence-electron chi connectivity index (χ2n) is 2.76. The van der Waals surface area contributed by atoms with Crippen LogP contribution in [-0.4, -0.2) is 12.4 Å². The number of ether oxygens (including phenoxy) is 1. The van der Waals surface area contributed by atoms with Crippen molar-refractivity contribution in [1.82, 2.24) is 0 Å². The van der Waals surface area contributed by atoms with Gasteiger partial charge in [0.25, 0.3) is 0 Å². The molecule has 0 N–H and O–H groups in total. The predicted octanol–water partition coefficient (Wildman–Crippen LogP) is 1.33. The Kier molecular flexibility index (Phi) is 1.57. The minimum Gasteiger partial charge on any atom is -0.485 e. The van der Waals surface area contributed by atoms with Crippen molar-refractivity contribution in [3.63, 3.8) is 0 Å². The van der Waals surface area contributed by atoms with E-state index in [1.54, 1.807) is 6.07 Å². The molecule has 0 saturated carbocycles. The maximum absolute atomic E-state index is 12.6. The summed E-state index contributed by atoms with van der Waals surface area (Å²) < 4.78 is 17.7. The molecule has 0 fully saturated rings. The largest absolute Gasteiger partial charge is 0.485 e. The van der Waals surface area contributed by atoms with Gasteiger partial charge in [-0.25, -0.2) is 4.39 Å². The van der Waals surface area contributed by atoms with Crippen LogP contribution in [0.25, 0.3) is 0 Å². The van der Waals surface area contributed by atoms with E-state index in [-0.39, 0.29) is 18.2 Å². The molecule has 0 bridgehead atoms. The van der Waals surface area contributed by atoms with Gasteiger partial charge in [0.1, 0.15) is 18.2 Å². The number of benzene rings is 1. The van der Waals surface area contributed by atoms with Crippen molar-refractivity contribution < 1.29 is 13.9 Å². The van der Waals surface area contributed by atoms with Crippen LogP contribution in [0.4, 0.5) is 4.39 Å². The zero-order chi connectivity index (χ0) is 8.55. The van der Waals surface area contributed by atoms with Crippen molar-refractivity contribution in [3.05, 3.63) is 29.6 Å². The Morgan fingerprint density at radius 2 is 2.25 bits per heavy atom. The summed E-state index contributed by atoms with van der Waals surface area (Å²) in [5, 5.41) is 0. The standard InChI is InChI=1S/C9H7FO2/c10-7-2-1-6-3-8(11)5-12-9(6)4-7/h1-2,4H,3,5H2. The van der Waals surface area contributed by atoms with Crippen LogP contribution in [0.3, 0.4) is 0 Å². The quantitative estimate of drug-likeness (QED) is 0.581. The summed E-state index contributed by atoms with van der Waals surface area (Å²) >= 11 is 0. The van der Waals surface area contributed by atoms with Gasteiger partial charge in [-0.1, -0.05) is 6.07 Å². The highest BCUT2D eigenvalue weighted by Crippen LogP contribution is 2.23. The third-order valence-corrected chi connectivity index (χ3v) is 1.81. The lowest BCUT2D eigenvalue weighted by molar-refractivity contribution is -0.121. The first kappa shape index (κ1) is 7.28. The second-order valence-corrected chi connectivity index (χ2v) is 2.76. The van der Waals surface area contributed by atoms with Gasteiger partial charge in [-0.3, -0.25) is 4.79 Å². The SMILES string of the molecule is O=C1COc2cc(F)ccc2C1. The van der Waals surface area contributed by atoms with E-state index in [1.807, 2.05) is 0 Å². The average Bonchev–Trinajstić information content (AvgIpc) is 2.05. The first-order valence-electron chi connectivity index (χ1n) is 3.68. The number of ketones is 1. The molecule has 0 radical (unpaired) electrons. The highest BCUT2D eigenvalue weighted by Gasteiger charge is 2.16. The second kappa shape index (κ2) is 2.59. The van der Waals surface area contributed by atoms with Crippen molar-refractivity contribution in [2.24, 2.45) is 0 Å². The van der Waals surface area contributed by atoms with E-state index in [1.165, 1.54) is 12.1 Å². The van der Waals surface area contributed by atoms with Crippen LogP contribution >= 0.6 is 0 Å². The van der Waals surface area contributed by atoms with Gasteiger partial charge in [-0.2, -0.15) is 0 Å². The van der Waals surface area contributed by atoms with Gasteiger partial charge < -0.3 is 4.74 Å². The first-order chi connectivity index (χ1) is 5.75. The Balaban J connectivity index is 2.43. The number of rotatable bonds is 0. The van der Waals surface area contributed by atoms with Crippen LogP contribution in [0, 0.1) is 5.82 Å². The molecule has 0 aromatic heterocycles. The molecule has 0 saturated heterocycles. The molecule has 1 aliphatic heterocycles. The van der Waals surface area contributed by atoms with E-state index < -0.39 is 0 Å². The summed E-state index contributed by atoms with van der Waals surface area (Å²) in [4.78, 5) is 10.9. The van der Waals surface area contributed by atoms with E-state index >= 15 is 0 Å². The van der Waals surface area contributed by atoms with Gasteiger partial charge >= 0.3 is 0 Å². The topological polar surface area (TPSA) is 26.3 Å². The Morgan fingerprint density at radius 3 is 3.08 bits per heavy atom. The van der Waals surface area contributed by atoms with E-state index in [4.69, 9.17) is 4.74 Å². The van der Waals surface area contributed by atoms with Crippen LogP contribution in [0.2, 0.25) is 0 Å². The smallest absolute Gasteiger partial charge is 0.174 e. The molecule has 62 valence electrons. The lowest BCUT2D eigenvalue weighted by Crippen LogP contribution is -2.20. The highest BCUT2D eigenvalue weighted by atomic mass is 19.1. The number of fused-ring (bicyclic) bond motifs is 1. The summed E-state index contributed by atoms with van der Waals surface area (Å²) in [7, 11) is 0. The summed E-state index contributed by atoms with van der Waals surface area (Å²) in [5.41, 5.74) is 0.771. The Bertz CT molecular complexity index is 333. The predicted molar refractivity (Wildman–Crippen MR) is 40.6 cm³/mol. The first-order valence-corrected chi connectivity index (χ1v) is 3.68. The molecule has 0 spiro atoms. The maximum Gasteiger partial charge on any atom is 0.174 e. The lowest BCUT2D eigenvalue weighted by atomic mass is 10.1. The lowest BCUT2D eigenvalue weighted by Gasteiger charge is -2.15. The Morgan fingerprint density at radius 1 is 1.42 bits per heavy atom. The van der Waals surface area contributed by atoms with E-state index in [2.05, 4.69) is 0 Å². The van der Waals surface area contributed by atoms with Crippen LogP contribution < -0.4 is 4.74 Å². The Hall–Kier alpha value is -1.38. The summed E-state index contributed by atoms with van der Waals surface area (Å²) in [5.74, 6) is 0.201. The van der Waals surface area contributed by atoms with Gasteiger partial charge in [-0.05, 0) is 6.07 Å². The summed E-state index contributed by atoms with van der Waals surface area (Å²) in [6.07, 6.45) is 0.357. The number of Topliss-reactive ketones (excluding diaryl/α,β-unsaturated/α-hetero) is 1. The molecule has 1 aromatic carbocycles. The molecule has 1 aliphatic rings. The number of hydrogen-bond donors (Lipinski definition) is 0. The molecule has 1 aromatic rings. The maximum atomic E-state index is 12.6. The molecule has 0 unspecified atom stereocenters.